The number of hydrogen-bond acceptors (Lipinski definition) is 1. The molecule has 0 aromatic rings. The van der Waals surface area contributed by atoms with Crippen LogP contribution in [0.25, 0.3) is 0 Å². The van der Waals surface area contributed by atoms with Crippen LogP contribution in [0.15, 0.2) is 11.6 Å². The zero-order chi connectivity index (χ0) is 5.11. The van der Waals surface area contributed by atoms with Gasteiger partial charge in [-0.05, 0) is 13.5 Å². The molecule has 0 fully saturated rings. The fourth-order valence-corrected chi connectivity index (χ4v) is 0.649. The smallest absolute Gasteiger partial charge is 0.0241 e. The standard InChI is InChI=1S/C5H9BN/c1-5-2-3-6-7-4-5/h2,7H,3-4H2,1H3/q-1. The van der Waals surface area contributed by atoms with E-state index in [2.05, 4.69) is 25.6 Å². The van der Waals surface area contributed by atoms with E-state index in [1.165, 1.54) is 5.57 Å². The minimum atomic E-state index is 1.04. The van der Waals surface area contributed by atoms with Crippen LogP contribution >= 0.6 is 0 Å². The first-order valence-corrected chi connectivity index (χ1v) is 2.60. The Bertz CT molecular complexity index is 88.1. The van der Waals surface area contributed by atoms with Gasteiger partial charge in [0.05, 0.1) is 0 Å². The molecule has 0 aliphatic carbocycles. The third-order valence-electron chi connectivity index (χ3n) is 1.11. The molecule has 1 nitrogen and oxygen atoms in total. The molecule has 0 aromatic heterocycles. The monoisotopic (exact) mass is 94.1 g/mol. The summed E-state index contributed by atoms with van der Waals surface area (Å²) >= 11 is 0. The minimum absolute atomic E-state index is 1.04. The van der Waals surface area contributed by atoms with Crippen molar-refractivity contribution in [2.45, 2.75) is 13.2 Å². The fraction of sp³-hybridized carbons (Fsp3) is 0.600. The molecule has 1 heterocycles. The number of hydrogen-bond donors (Lipinski definition) is 1. The average Bonchev–Trinajstić information content (AvgIpc) is 1.69. The molecular formula is C5H9BN-. The van der Waals surface area contributed by atoms with E-state index in [0.717, 1.165) is 12.9 Å². The molecule has 0 saturated carbocycles. The van der Waals surface area contributed by atoms with Gasteiger partial charge >= 0.3 is 0 Å². The van der Waals surface area contributed by atoms with Crippen molar-refractivity contribution >= 4 is 7.41 Å². The molecule has 0 amide bonds. The topological polar surface area (TPSA) is 12.0 Å². The normalized spacial score (nSPS) is 21.6. The largest absolute Gasteiger partial charge is 0.551 e. The number of nitrogens with one attached hydrogen (secondary N) is 1. The molecule has 1 N–H and O–H groups in total. The summed E-state index contributed by atoms with van der Waals surface area (Å²) in [5, 5.41) is 3.14. The molecule has 1 aliphatic rings. The lowest BCUT2D eigenvalue weighted by Gasteiger charge is -2.21. The first kappa shape index (κ1) is 4.91. The van der Waals surface area contributed by atoms with Gasteiger partial charge in [-0.3, -0.25) is 0 Å². The van der Waals surface area contributed by atoms with Crippen LogP contribution in [-0.2, 0) is 0 Å². The van der Waals surface area contributed by atoms with Crippen molar-refractivity contribution in [2.24, 2.45) is 0 Å². The van der Waals surface area contributed by atoms with E-state index >= 15 is 0 Å². The second kappa shape index (κ2) is 2.17. The van der Waals surface area contributed by atoms with Gasteiger partial charge in [0.1, 0.15) is 0 Å². The Morgan fingerprint density at radius 1 is 1.86 bits per heavy atom. The Morgan fingerprint density at radius 2 is 2.71 bits per heavy atom. The zero-order valence-electron chi connectivity index (χ0n) is 4.57. The highest BCUT2D eigenvalue weighted by Gasteiger charge is 1.83. The fourth-order valence-electron chi connectivity index (χ4n) is 0.649. The zero-order valence-corrected chi connectivity index (χ0v) is 4.57. The van der Waals surface area contributed by atoms with E-state index in [1.54, 1.807) is 0 Å². The lowest BCUT2D eigenvalue weighted by atomic mass is 9.84. The molecule has 0 atom stereocenters. The number of allylic oxidation sites excluding steroid dienone is 1. The molecule has 2 radical (unpaired) electrons. The van der Waals surface area contributed by atoms with Crippen LogP contribution in [0.5, 0.6) is 0 Å². The predicted octanol–water partition coefficient (Wildman–Crippen LogP) is 0.573. The third kappa shape index (κ3) is 1.36. The van der Waals surface area contributed by atoms with E-state index in [1.807, 2.05) is 0 Å². The molecular weight excluding hydrogens is 84.9 g/mol. The van der Waals surface area contributed by atoms with Crippen LogP contribution in [-0.4, -0.2) is 14.0 Å². The van der Waals surface area contributed by atoms with Crippen LogP contribution in [0.3, 0.4) is 0 Å². The summed E-state index contributed by atoms with van der Waals surface area (Å²) in [5.74, 6) is 0. The van der Waals surface area contributed by atoms with Crippen molar-refractivity contribution in [1.82, 2.24) is 5.23 Å². The molecule has 1 rings (SSSR count). The van der Waals surface area contributed by atoms with Crippen LogP contribution in [0, 0.1) is 0 Å². The Morgan fingerprint density at radius 3 is 3.00 bits per heavy atom. The van der Waals surface area contributed by atoms with Crippen molar-refractivity contribution in [3.05, 3.63) is 11.6 Å². The number of rotatable bonds is 0. The summed E-state index contributed by atoms with van der Waals surface area (Å²) in [7, 11) is 2.08. The second-order valence-electron chi connectivity index (χ2n) is 1.87. The molecule has 7 heavy (non-hydrogen) atoms. The maximum atomic E-state index is 3.14. The predicted molar refractivity (Wildman–Crippen MR) is 32.3 cm³/mol. The van der Waals surface area contributed by atoms with Crippen LogP contribution in [0.1, 0.15) is 6.92 Å². The van der Waals surface area contributed by atoms with E-state index in [9.17, 15) is 0 Å². The summed E-state index contributed by atoms with van der Waals surface area (Å²) in [6, 6.07) is 0. The van der Waals surface area contributed by atoms with Gasteiger partial charge < -0.3 is 5.23 Å². The first-order chi connectivity index (χ1) is 3.39. The Labute approximate surface area is 45.1 Å². The van der Waals surface area contributed by atoms with Crippen LogP contribution in [0.2, 0.25) is 6.32 Å². The molecule has 0 bridgehead atoms. The summed E-state index contributed by atoms with van der Waals surface area (Å²) < 4.78 is 0. The highest BCUT2D eigenvalue weighted by Crippen LogP contribution is 1.96. The van der Waals surface area contributed by atoms with Crippen molar-refractivity contribution in [2.75, 3.05) is 6.54 Å². The quantitative estimate of drug-likeness (QED) is 0.342. The SMILES string of the molecule is CC1=CC[B-]NC1. The Balaban J connectivity index is 2.40. The molecule has 38 valence electrons. The van der Waals surface area contributed by atoms with Crippen LogP contribution < -0.4 is 5.23 Å². The Hall–Kier alpha value is -0.235. The second-order valence-corrected chi connectivity index (χ2v) is 1.87. The maximum Gasteiger partial charge on any atom is -0.0241 e. The van der Waals surface area contributed by atoms with E-state index in [4.69, 9.17) is 0 Å². The van der Waals surface area contributed by atoms with Crippen molar-refractivity contribution in [1.29, 1.82) is 0 Å². The molecule has 0 aromatic carbocycles. The summed E-state index contributed by atoms with van der Waals surface area (Å²) in [6.45, 7) is 3.18. The first-order valence-electron chi connectivity index (χ1n) is 2.60. The van der Waals surface area contributed by atoms with Gasteiger partial charge in [-0.1, -0.05) is 5.57 Å². The lowest BCUT2D eigenvalue weighted by molar-refractivity contribution is 0.987. The third-order valence-corrected chi connectivity index (χ3v) is 1.11. The van der Waals surface area contributed by atoms with Crippen molar-refractivity contribution < 1.29 is 0 Å². The summed E-state index contributed by atoms with van der Waals surface area (Å²) in [4.78, 5) is 0. The van der Waals surface area contributed by atoms with Crippen LogP contribution in [0.4, 0.5) is 0 Å². The van der Waals surface area contributed by atoms with Gasteiger partial charge in [-0.15, -0.1) is 6.08 Å². The molecule has 0 saturated heterocycles. The van der Waals surface area contributed by atoms with Gasteiger partial charge in [-0.25, -0.2) is 13.7 Å². The summed E-state index contributed by atoms with van der Waals surface area (Å²) in [5.41, 5.74) is 1.45. The molecule has 0 unspecified atom stereocenters. The van der Waals surface area contributed by atoms with Gasteiger partial charge in [-0.2, -0.15) is 0 Å². The van der Waals surface area contributed by atoms with Gasteiger partial charge in [0, 0.05) is 0 Å². The maximum absolute atomic E-state index is 3.14. The highest BCUT2D eigenvalue weighted by molar-refractivity contribution is 6.33. The minimum Gasteiger partial charge on any atom is -0.551 e. The van der Waals surface area contributed by atoms with Gasteiger partial charge in [0.2, 0.25) is 0 Å². The van der Waals surface area contributed by atoms with E-state index < -0.39 is 0 Å². The molecule has 1 aliphatic heterocycles. The van der Waals surface area contributed by atoms with Crippen molar-refractivity contribution in [3.8, 4) is 0 Å². The van der Waals surface area contributed by atoms with Crippen molar-refractivity contribution in [3.63, 3.8) is 0 Å². The molecule has 2 heteroatoms. The summed E-state index contributed by atoms with van der Waals surface area (Å²) in [6.07, 6.45) is 3.32. The molecule has 0 spiro atoms. The average molecular weight is 93.9 g/mol. The van der Waals surface area contributed by atoms with E-state index in [-0.39, 0.29) is 0 Å². The highest BCUT2D eigenvalue weighted by atomic mass is 14.7. The van der Waals surface area contributed by atoms with E-state index in [0.29, 0.717) is 0 Å². The lowest BCUT2D eigenvalue weighted by Crippen LogP contribution is -2.23. The van der Waals surface area contributed by atoms with Gasteiger partial charge in [0.25, 0.3) is 0 Å². The van der Waals surface area contributed by atoms with Gasteiger partial charge in [0.15, 0.2) is 0 Å². The Kier molecular flexibility index (Phi) is 1.52.